The van der Waals surface area contributed by atoms with Gasteiger partial charge in [0.15, 0.2) is 0 Å². The van der Waals surface area contributed by atoms with E-state index in [9.17, 15) is 0 Å². The fourth-order valence-electron chi connectivity index (χ4n) is 1.58. The van der Waals surface area contributed by atoms with E-state index in [4.69, 9.17) is 17.3 Å². The van der Waals surface area contributed by atoms with Crippen molar-refractivity contribution in [3.8, 4) is 0 Å². The van der Waals surface area contributed by atoms with Crippen LogP contribution in [-0.4, -0.2) is 4.98 Å². The van der Waals surface area contributed by atoms with Crippen LogP contribution in [0.1, 0.15) is 11.1 Å². The van der Waals surface area contributed by atoms with Gasteiger partial charge in [-0.2, -0.15) is 0 Å². The van der Waals surface area contributed by atoms with Crippen molar-refractivity contribution in [1.82, 2.24) is 4.98 Å². The summed E-state index contributed by atoms with van der Waals surface area (Å²) in [5, 5.41) is 3.68. The van der Waals surface area contributed by atoms with Crippen molar-refractivity contribution in [1.29, 1.82) is 0 Å². The van der Waals surface area contributed by atoms with Crippen LogP contribution in [0.15, 0.2) is 36.4 Å². The zero-order valence-electron chi connectivity index (χ0n) is 9.57. The van der Waals surface area contributed by atoms with Gasteiger partial charge in [-0.3, -0.25) is 0 Å². The highest BCUT2D eigenvalue weighted by Crippen LogP contribution is 2.21. The number of pyridine rings is 1. The largest absolute Gasteiger partial charge is 0.340 e. The van der Waals surface area contributed by atoms with Crippen LogP contribution in [0, 0.1) is 6.92 Å². The first-order valence-corrected chi connectivity index (χ1v) is 5.76. The molecule has 0 radical (unpaired) electrons. The van der Waals surface area contributed by atoms with Crippen molar-refractivity contribution < 1.29 is 0 Å². The van der Waals surface area contributed by atoms with E-state index < -0.39 is 0 Å². The molecule has 0 amide bonds. The molecule has 0 unspecified atom stereocenters. The van der Waals surface area contributed by atoms with Gasteiger partial charge in [0.2, 0.25) is 0 Å². The lowest BCUT2D eigenvalue weighted by atomic mass is 10.2. The van der Waals surface area contributed by atoms with Crippen molar-refractivity contribution in [3.63, 3.8) is 0 Å². The predicted octanol–water partition coefficient (Wildman–Crippen LogP) is 3.25. The number of aromatic nitrogens is 1. The summed E-state index contributed by atoms with van der Waals surface area (Å²) in [5.74, 6) is 0.715. The summed E-state index contributed by atoms with van der Waals surface area (Å²) in [5.41, 5.74) is 8.73. The zero-order valence-corrected chi connectivity index (χ0v) is 10.3. The molecule has 0 bridgehead atoms. The standard InChI is InChI=1S/C13H14ClN3/c1-9-4-2-3-5-11(9)16-13-7-10(8-15)6-12(14)17-13/h2-7H,8,15H2,1H3,(H,16,17). The lowest BCUT2D eigenvalue weighted by Gasteiger charge is -2.09. The Kier molecular flexibility index (Phi) is 3.61. The molecule has 0 aliphatic heterocycles. The second kappa shape index (κ2) is 5.17. The van der Waals surface area contributed by atoms with Crippen molar-refractivity contribution >= 4 is 23.1 Å². The van der Waals surface area contributed by atoms with Crippen LogP contribution in [0.25, 0.3) is 0 Å². The average Bonchev–Trinajstić information content (AvgIpc) is 2.31. The molecule has 3 N–H and O–H groups in total. The van der Waals surface area contributed by atoms with E-state index in [1.165, 1.54) is 0 Å². The van der Waals surface area contributed by atoms with Crippen LogP contribution < -0.4 is 11.1 Å². The quantitative estimate of drug-likeness (QED) is 0.819. The molecule has 0 aliphatic carbocycles. The number of para-hydroxylation sites is 1. The van der Waals surface area contributed by atoms with E-state index >= 15 is 0 Å². The van der Waals surface area contributed by atoms with E-state index in [2.05, 4.69) is 10.3 Å². The Balaban J connectivity index is 2.30. The number of hydrogen-bond acceptors (Lipinski definition) is 3. The maximum absolute atomic E-state index is 5.93. The molecule has 0 spiro atoms. The first-order chi connectivity index (χ1) is 8.19. The predicted molar refractivity (Wildman–Crippen MR) is 71.6 cm³/mol. The summed E-state index contributed by atoms with van der Waals surface area (Å²) in [7, 11) is 0. The lowest BCUT2D eigenvalue weighted by molar-refractivity contribution is 1.06. The molecule has 0 aliphatic rings. The topological polar surface area (TPSA) is 50.9 Å². The van der Waals surface area contributed by atoms with Gasteiger partial charge in [-0.15, -0.1) is 0 Å². The van der Waals surface area contributed by atoms with Crippen LogP contribution in [-0.2, 0) is 6.54 Å². The minimum atomic E-state index is 0.448. The molecule has 17 heavy (non-hydrogen) atoms. The van der Waals surface area contributed by atoms with Crippen LogP contribution in [0.3, 0.4) is 0 Å². The Bertz CT molecular complexity index is 526. The van der Waals surface area contributed by atoms with Crippen molar-refractivity contribution in [2.24, 2.45) is 5.73 Å². The van der Waals surface area contributed by atoms with E-state index in [1.54, 1.807) is 6.07 Å². The third kappa shape index (κ3) is 2.96. The molecule has 0 fully saturated rings. The lowest BCUT2D eigenvalue weighted by Crippen LogP contribution is -2.01. The number of anilines is 2. The maximum atomic E-state index is 5.93. The summed E-state index contributed by atoms with van der Waals surface area (Å²) < 4.78 is 0. The second-order valence-electron chi connectivity index (χ2n) is 3.83. The van der Waals surface area contributed by atoms with Crippen molar-refractivity contribution in [2.45, 2.75) is 13.5 Å². The van der Waals surface area contributed by atoms with Crippen LogP contribution >= 0.6 is 11.6 Å². The van der Waals surface area contributed by atoms with Gasteiger partial charge in [-0.1, -0.05) is 29.8 Å². The minimum Gasteiger partial charge on any atom is -0.340 e. The Labute approximate surface area is 106 Å². The Hall–Kier alpha value is -1.58. The summed E-state index contributed by atoms with van der Waals surface area (Å²) >= 11 is 5.93. The molecular formula is C13H14ClN3. The average molecular weight is 248 g/mol. The van der Waals surface area contributed by atoms with Gasteiger partial charge in [-0.25, -0.2) is 4.98 Å². The van der Waals surface area contributed by atoms with Crippen LogP contribution in [0.5, 0.6) is 0 Å². The molecule has 0 saturated carbocycles. The molecule has 0 atom stereocenters. The molecule has 0 saturated heterocycles. The zero-order chi connectivity index (χ0) is 12.3. The van der Waals surface area contributed by atoms with E-state index in [-0.39, 0.29) is 0 Å². The van der Waals surface area contributed by atoms with Gasteiger partial charge in [0, 0.05) is 12.2 Å². The smallest absolute Gasteiger partial charge is 0.132 e. The Morgan fingerprint density at radius 2 is 2.06 bits per heavy atom. The van der Waals surface area contributed by atoms with Gasteiger partial charge >= 0.3 is 0 Å². The number of nitrogens with zero attached hydrogens (tertiary/aromatic N) is 1. The first kappa shape index (κ1) is 11.9. The van der Waals surface area contributed by atoms with Gasteiger partial charge in [0.05, 0.1) is 0 Å². The van der Waals surface area contributed by atoms with Crippen LogP contribution in [0.2, 0.25) is 5.15 Å². The Morgan fingerprint density at radius 3 is 2.76 bits per heavy atom. The van der Waals surface area contributed by atoms with Crippen LogP contribution in [0.4, 0.5) is 11.5 Å². The fourth-order valence-corrected chi connectivity index (χ4v) is 1.81. The van der Waals surface area contributed by atoms with Crippen molar-refractivity contribution in [2.75, 3.05) is 5.32 Å². The number of benzene rings is 1. The van der Waals surface area contributed by atoms with Gasteiger partial charge in [0.25, 0.3) is 0 Å². The van der Waals surface area contributed by atoms with Gasteiger partial charge < -0.3 is 11.1 Å². The highest BCUT2D eigenvalue weighted by atomic mass is 35.5. The summed E-state index contributed by atoms with van der Waals surface area (Å²) in [4.78, 5) is 4.22. The Morgan fingerprint density at radius 1 is 1.29 bits per heavy atom. The first-order valence-electron chi connectivity index (χ1n) is 5.38. The number of nitrogens with two attached hydrogens (primary N) is 1. The molecule has 2 aromatic rings. The van der Waals surface area contributed by atoms with Gasteiger partial charge in [0.1, 0.15) is 11.0 Å². The molecule has 3 nitrogen and oxygen atoms in total. The fraction of sp³-hybridized carbons (Fsp3) is 0.154. The third-order valence-corrected chi connectivity index (χ3v) is 2.69. The molecule has 88 valence electrons. The second-order valence-corrected chi connectivity index (χ2v) is 4.21. The summed E-state index contributed by atoms with van der Waals surface area (Å²) in [6.07, 6.45) is 0. The highest BCUT2D eigenvalue weighted by Gasteiger charge is 2.02. The van der Waals surface area contributed by atoms with E-state index in [0.717, 1.165) is 16.8 Å². The molecule has 1 aromatic heterocycles. The summed E-state index contributed by atoms with van der Waals surface area (Å²) in [6, 6.07) is 11.7. The highest BCUT2D eigenvalue weighted by molar-refractivity contribution is 6.29. The molecule has 4 heteroatoms. The number of aryl methyl sites for hydroxylation is 1. The van der Waals surface area contributed by atoms with Gasteiger partial charge in [-0.05, 0) is 36.2 Å². The monoisotopic (exact) mass is 247 g/mol. The number of rotatable bonds is 3. The maximum Gasteiger partial charge on any atom is 0.132 e. The number of halogens is 1. The number of nitrogens with one attached hydrogen (secondary N) is 1. The molecule has 1 aromatic carbocycles. The molecular weight excluding hydrogens is 234 g/mol. The SMILES string of the molecule is Cc1ccccc1Nc1cc(CN)cc(Cl)n1. The van der Waals surface area contributed by atoms with E-state index in [1.807, 2.05) is 37.3 Å². The van der Waals surface area contributed by atoms with E-state index in [0.29, 0.717) is 17.5 Å². The third-order valence-electron chi connectivity index (χ3n) is 2.50. The minimum absolute atomic E-state index is 0.448. The van der Waals surface area contributed by atoms with Crippen molar-refractivity contribution in [3.05, 3.63) is 52.7 Å². The number of hydrogen-bond donors (Lipinski definition) is 2. The molecule has 1 heterocycles. The summed E-state index contributed by atoms with van der Waals surface area (Å²) in [6.45, 7) is 2.49. The molecule has 2 rings (SSSR count). The normalized spacial score (nSPS) is 10.3.